The van der Waals surface area contributed by atoms with Gasteiger partial charge in [0.2, 0.25) is 0 Å². The zero-order valence-electron chi connectivity index (χ0n) is 15.7. The number of piperidine rings is 1. The van der Waals surface area contributed by atoms with Crippen molar-refractivity contribution in [2.45, 2.75) is 51.8 Å². The molecule has 0 aliphatic carbocycles. The van der Waals surface area contributed by atoms with E-state index in [0.717, 1.165) is 35.1 Å². The summed E-state index contributed by atoms with van der Waals surface area (Å²) in [6, 6.07) is 15.1. The van der Waals surface area contributed by atoms with Crippen molar-refractivity contribution in [2.75, 3.05) is 7.11 Å². The smallest absolute Gasteiger partial charge is 0.254 e. The van der Waals surface area contributed by atoms with Crippen LogP contribution >= 0.6 is 22.6 Å². The van der Waals surface area contributed by atoms with Crippen LogP contribution in [0.3, 0.4) is 0 Å². The number of ether oxygens (including phenoxy) is 1. The molecule has 0 spiro atoms. The van der Waals surface area contributed by atoms with Crippen LogP contribution < -0.4 is 0 Å². The summed E-state index contributed by atoms with van der Waals surface area (Å²) in [7, 11) is 1.70. The van der Waals surface area contributed by atoms with Gasteiger partial charge in [0.25, 0.3) is 5.91 Å². The second kappa shape index (κ2) is 8.53. The van der Waals surface area contributed by atoms with Crippen LogP contribution in [-0.2, 0) is 11.3 Å². The van der Waals surface area contributed by atoms with E-state index in [4.69, 9.17) is 4.74 Å². The molecule has 0 saturated carbocycles. The van der Waals surface area contributed by atoms with Crippen LogP contribution in [0.5, 0.6) is 0 Å². The molecular formula is C22H26INO2. The summed E-state index contributed by atoms with van der Waals surface area (Å²) in [4.78, 5) is 15.2. The van der Waals surface area contributed by atoms with Crippen molar-refractivity contribution in [1.82, 2.24) is 4.90 Å². The number of hydrogen-bond acceptors (Lipinski definition) is 2. The van der Waals surface area contributed by atoms with Crippen molar-refractivity contribution >= 4 is 28.5 Å². The summed E-state index contributed by atoms with van der Waals surface area (Å²) in [5.41, 5.74) is 4.08. The van der Waals surface area contributed by atoms with Crippen LogP contribution in [0, 0.1) is 3.57 Å². The highest BCUT2D eigenvalue weighted by molar-refractivity contribution is 14.1. The van der Waals surface area contributed by atoms with Crippen molar-refractivity contribution in [2.24, 2.45) is 0 Å². The lowest BCUT2D eigenvalue weighted by Crippen LogP contribution is -2.47. The number of likely N-dealkylation sites (tertiary alicyclic amines) is 1. The first kappa shape index (κ1) is 19.4. The van der Waals surface area contributed by atoms with Crippen molar-refractivity contribution in [3.8, 4) is 11.1 Å². The van der Waals surface area contributed by atoms with Crippen LogP contribution in [0.15, 0.2) is 42.5 Å². The summed E-state index contributed by atoms with van der Waals surface area (Å²) in [6.07, 6.45) is 3.37. The number of methoxy groups -OCH3 is 1. The Bertz CT molecular complexity index is 762. The molecule has 0 N–H and O–H groups in total. The molecule has 1 aliphatic rings. The number of halogens is 1. The molecule has 1 heterocycles. The Morgan fingerprint density at radius 2 is 1.77 bits per heavy atom. The normalized spacial score (nSPS) is 20.2. The van der Waals surface area contributed by atoms with Crippen LogP contribution in [0.4, 0.5) is 0 Å². The molecule has 1 fully saturated rings. The highest BCUT2D eigenvalue weighted by atomic mass is 127. The maximum atomic E-state index is 13.2. The second-order valence-corrected chi connectivity index (χ2v) is 8.40. The fourth-order valence-electron chi connectivity index (χ4n) is 3.88. The quantitative estimate of drug-likeness (QED) is 0.560. The maximum absolute atomic E-state index is 13.2. The SMILES string of the molecule is COCc1cc(C(=O)N2[C@H](C)CCC[C@@H]2C)ccc1-c1ccc(I)cc1. The van der Waals surface area contributed by atoms with Gasteiger partial charge >= 0.3 is 0 Å². The highest BCUT2D eigenvalue weighted by Crippen LogP contribution is 2.29. The molecule has 3 nitrogen and oxygen atoms in total. The number of carbonyl (C=O) groups is 1. The second-order valence-electron chi connectivity index (χ2n) is 7.15. The Morgan fingerprint density at radius 3 is 2.38 bits per heavy atom. The lowest BCUT2D eigenvalue weighted by Gasteiger charge is -2.39. The van der Waals surface area contributed by atoms with Crippen LogP contribution in [0.25, 0.3) is 11.1 Å². The Balaban J connectivity index is 1.95. The molecule has 0 bridgehead atoms. The molecule has 1 aliphatic heterocycles. The van der Waals surface area contributed by atoms with Crippen molar-refractivity contribution in [3.05, 3.63) is 57.2 Å². The molecule has 138 valence electrons. The van der Waals surface area contributed by atoms with E-state index in [1.165, 1.54) is 9.99 Å². The number of nitrogens with zero attached hydrogens (tertiary/aromatic N) is 1. The maximum Gasteiger partial charge on any atom is 0.254 e. The number of amides is 1. The topological polar surface area (TPSA) is 29.5 Å². The fourth-order valence-corrected chi connectivity index (χ4v) is 4.24. The van der Waals surface area contributed by atoms with Crippen molar-refractivity contribution < 1.29 is 9.53 Å². The Hall–Kier alpha value is -1.40. The molecule has 3 rings (SSSR count). The third-order valence-electron chi connectivity index (χ3n) is 5.24. The van der Waals surface area contributed by atoms with E-state index in [1.807, 2.05) is 12.1 Å². The summed E-state index contributed by atoms with van der Waals surface area (Å²) in [6.45, 7) is 4.81. The first-order valence-electron chi connectivity index (χ1n) is 9.21. The molecule has 2 aromatic rings. The Labute approximate surface area is 169 Å². The minimum absolute atomic E-state index is 0.135. The van der Waals surface area contributed by atoms with Gasteiger partial charge in [-0.05, 0) is 96.7 Å². The van der Waals surface area contributed by atoms with Crippen molar-refractivity contribution in [3.63, 3.8) is 0 Å². The minimum atomic E-state index is 0.135. The van der Waals surface area contributed by atoms with Crippen LogP contribution in [0.2, 0.25) is 0 Å². The van der Waals surface area contributed by atoms with Gasteiger partial charge in [0.15, 0.2) is 0 Å². The average molecular weight is 463 g/mol. The van der Waals surface area contributed by atoms with E-state index in [-0.39, 0.29) is 5.91 Å². The van der Waals surface area contributed by atoms with E-state index in [2.05, 4.69) is 71.7 Å². The van der Waals surface area contributed by atoms with Gasteiger partial charge in [0.05, 0.1) is 6.61 Å². The van der Waals surface area contributed by atoms with Gasteiger partial charge in [-0.15, -0.1) is 0 Å². The summed E-state index contributed by atoms with van der Waals surface area (Å²) < 4.78 is 6.62. The lowest BCUT2D eigenvalue weighted by molar-refractivity contribution is 0.0510. The molecule has 4 heteroatoms. The molecular weight excluding hydrogens is 437 g/mol. The molecule has 0 unspecified atom stereocenters. The van der Waals surface area contributed by atoms with Gasteiger partial charge in [-0.3, -0.25) is 4.79 Å². The van der Waals surface area contributed by atoms with E-state index in [1.54, 1.807) is 7.11 Å². The van der Waals surface area contributed by atoms with Gasteiger partial charge in [0.1, 0.15) is 0 Å². The van der Waals surface area contributed by atoms with Gasteiger partial charge in [0, 0.05) is 28.3 Å². The lowest BCUT2D eigenvalue weighted by atomic mass is 9.94. The monoisotopic (exact) mass is 463 g/mol. The van der Waals surface area contributed by atoms with E-state index in [0.29, 0.717) is 18.7 Å². The standard InChI is InChI=1S/C22H26INO2/c1-15-5-4-6-16(2)24(15)22(25)18-9-12-21(19(13-18)14-26-3)17-7-10-20(23)11-8-17/h7-13,15-16H,4-6,14H2,1-3H3/t15-,16+. The predicted molar refractivity (Wildman–Crippen MR) is 114 cm³/mol. The van der Waals surface area contributed by atoms with Crippen molar-refractivity contribution in [1.29, 1.82) is 0 Å². The molecule has 26 heavy (non-hydrogen) atoms. The Morgan fingerprint density at radius 1 is 1.12 bits per heavy atom. The zero-order chi connectivity index (χ0) is 18.7. The molecule has 0 aromatic heterocycles. The van der Waals surface area contributed by atoms with Gasteiger partial charge in [-0.25, -0.2) is 0 Å². The molecule has 2 aromatic carbocycles. The number of carbonyl (C=O) groups excluding carboxylic acids is 1. The number of hydrogen-bond donors (Lipinski definition) is 0. The molecule has 0 radical (unpaired) electrons. The van der Waals surface area contributed by atoms with Gasteiger partial charge in [-0.1, -0.05) is 18.2 Å². The van der Waals surface area contributed by atoms with E-state index < -0.39 is 0 Å². The van der Waals surface area contributed by atoms with Gasteiger partial charge in [-0.2, -0.15) is 0 Å². The fraction of sp³-hybridized carbons (Fsp3) is 0.409. The summed E-state index contributed by atoms with van der Waals surface area (Å²) in [5.74, 6) is 0.135. The zero-order valence-corrected chi connectivity index (χ0v) is 17.8. The van der Waals surface area contributed by atoms with E-state index in [9.17, 15) is 4.79 Å². The molecule has 2 atom stereocenters. The minimum Gasteiger partial charge on any atom is -0.380 e. The molecule has 1 amide bonds. The first-order chi connectivity index (χ1) is 12.5. The summed E-state index contributed by atoms with van der Waals surface area (Å²) in [5, 5.41) is 0. The van der Waals surface area contributed by atoms with Crippen LogP contribution in [0.1, 0.15) is 49.0 Å². The van der Waals surface area contributed by atoms with Gasteiger partial charge < -0.3 is 9.64 Å². The Kier molecular flexibility index (Phi) is 6.35. The summed E-state index contributed by atoms with van der Waals surface area (Å²) >= 11 is 2.31. The molecule has 1 saturated heterocycles. The predicted octanol–water partition coefficient (Wildman–Crippen LogP) is 5.51. The van der Waals surface area contributed by atoms with E-state index >= 15 is 0 Å². The largest absolute Gasteiger partial charge is 0.380 e. The average Bonchev–Trinajstić information content (AvgIpc) is 2.62. The number of benzene rings is 2. The third-order valence-corrected chi connectivity index (χ3v) is 5.95. The van der Waals surface area contributed by atoms with Crippen LogP contribution in [-0.4, -0.2) is 30.0 Å². The first-order valence-corrected chi connectivity index (χ1v) is 10.3. The third kappa shape index (κ3) is 4.12. The highest BCUT2D eigenvalue weighted by Gasteiger charge is 2.29. The number of rotatable bonds is 4.